The van der Waals surface area contributed by atoms with Crippen molar-refractivity contribution in [1.82, 2.24) is 0 Å². The van der Waals surface area contributed by atoms with Gasteiger partial charge < -0.3 is 0 Å². The van der Waals surface area contributed by atoms with Gasteiger partial charge in [0.1, 0.15) is 0 Å². The van der Waals surface area contributed by atoms with Crippen LogP contribution in [-0.4, -0.2) is 13.7 Å². The van der Waals surface area contributed by atoms with Gasteiger partial charge in [0.2, 0.25) is 0 Å². The van der Waals surface area contributed by atoms with Crippen molar-refractivity contribution < 1.29 is 8.42 Å². The summed E-state index contributed by atoms with van der Waals surface area (Å²) in [5.41, 5.74) is 1.34. The number of rotatable bonds is 3. The van der Waals surface area contributed by atoms with Crippen LogP contribution < -0.4 is 0 Å². The van der Waals surface area contributed by atoms with Gasteiger partial charge in [0.25, 0.3) is 0 Å². The van der Waals surface area contributed by atoms with Crippen LogP contribution in [0.3, 0.4) is 0 Å². The first kappa shape index (κ1) is 13.1. The lowest BCUT2D eigenvalue weighted by atomic mass is 10.0. The predicted molar refractivity (Wildman–Crippen MR) is 70.7 cm³/mol. The van der Waals surface area contributed by atoms with E-state index in [-0.39, 0.29) is 11.0 Å². The minimum Gasteiger partial charge on any atom is -0.228 e. The first-order chi connectivity index (χ1) is 8.62. The summed E-state index contributed by atoms with van der Waals surface area (Å²) in [7, 11) is -3.04. The molecule has 0 heterocycles. The monoisotopic (exact) mass is 263 g/mol. The summed E-state index contributed by atoms with van der Waals surface area (Å²) in [6.07, 6.45) is 4.81. The Bertz CT molecular complexity index is 534. The van der Waals surface area contributed by atoms with Gasteiger partial charge in [0.15, 0.2) is 9.84 Å². The molecule has 0 unspecified atom stereocenters. The van der Waals surface area contributed by atoms with E-state index in [2.05, 4.69) is 0 Å². The number of hydrogen-bond acceptors (Lipinski definition) is 3. The fraction of sp³-hybridized carbons (Fsp3) is 0.500. The third-order valence-corrected chi connectivity index (χ3v) is 5.73. The second-order valence-electron chi connectivity index (χ2n) is 4.88. The summed E-state index contributed by atoms with van der Waals surface area (Å²) >= 11 is 0. The van der Waals surface area contributed by atoms with Crippen LogP contribution in [0.15, 0.2) is 24.3 Å². The first-order valence-electron chi connectivity index (χ1n) is 6.32. The van der Waals surface area contributed by atoms with Gasteiger partial charge in [-0.25, -0.2) is 8.42 Å². The Hall–Kier alpha value is -1.34. The van der Waals surface area contributed by atoms with Crippen molar-refractivity contribution in [1.29, 1.82) is 5.26 Å². The van der Waals surface area contributed by atoms with E-state index in [1.807, 2.05) is 6.07 Å². The SMILES string of the molecule is N#Cc1ccc(CS(=O)(=O)C2CCCCC2)cc1. The quantitative estimate of drug-likeness (QED) is 0.842. The lowest BCUT2D eigenvalue weighted by Crippen LogP contribution is -2.25. The van der Waals surface area contributed by atoms with E-state index < -0.39 is 9.84 Å². The van der Waals surface area contributed by atoms with Crippen LogP contribution in [0, 0.1) is 11.3 Å². The Kier molecular flexibility index (Phi) is 4.03. The van der Waals surface area contributed by atoms with Crippen LogP contribution in [0.5, 0.6) is 0 Å². The topological polar surface area (TPSA) is 57.9 Å². The van der Waals surface area contributed by atoms with Crippen LogP contribution in [0.4, 0.5) is 0 Å². The van der Waals surface area contributed by atoms with Gasteiger partial charge in [-0.2, -0.15) is 5.26 Å². The molecular formula is C14H17NO2S. The maximum atomic E-state index is 12.2. The van der Waals surface area contributed by atoms with Gasteiger partial charge in [-0.15, -0.1) is 0 Å². The van der Waals surface area contributed by atoms with Crippen LogP contribution >= 0.6 is 0 Å². The summed E-state index contributed by atoms with van der Waals surface area (Å²) in [6, 6.07) is 8.85. The highest BCUT2D eigenvalue weighted by molar-refractivity contribution is 7.91. The largest absolute Gasteiger partial charge is 0.228 e. The Morgan fingerprint density at radius 2 is 1.72 bits per heavy atom. The highest BCUT2D eigenvalue weighted by Crippen LogP contribution is 2.26. The smallest absolute Gasteiger partial charge is 0.157 e. The van der Waals surface area contributed by atoms with Crippen LogP contribution in [0.2, 0.25) is 0 Å². The molecule has 1 aromatic carbocycles. The summed E-state index contributed by atoms with van der Waals surface area (Å²) in [5.74, 6) is 0.101. The molecule has 0 N–H and O–H groups in total. The van der Waals surface area contributed by atoms with Gasteiger partial charge in [-0.1, -0.05) is 31.4 Å². The molecule has 0 saturated heterocycles. The van der Waals surface area contributed by atoms with Gasteiger partial charge >= 0.3 is 0 Å². The highest BCUT2D eigenvalue weighted by atomic mass is 32.2. The number of sulfone groups is 1. The zero-order valence-electron chi connectivity index (χ0n) is 10.3. The second-order valence-corrected chi connectivity index (χ2v) is 7.16. The lowest BCUT2D eigenvalue weighted by molar-refractivity contribution is 0.483. The van der Waals surface area contributed by atoms with E-state index in [0.717, 1.165) is 37.7 Å². The molecule has 1 aliphatic rings. The summed E-state index contributed by atoms with van der Waals surface area (Å²) < 4.78 is 24.5. The molecule has 0 amide bonds. The fourth-order valence-corrected chi connectivity index (χ4v) is 4.39. The Labute approximate surface area is 108 Å². The van der Waals surface area contributed by atoms with Crippen molar-refractivity contribution in [2.75, 3.05) is 0 Å². The first-order valence-corrected chi connectivity index (χ1v) is 8.04. The fourth-order valence-electron chi connectivity index (χ4n) is 2.45. The third kappa shape index (κ3) is 3.11. The van der Waals surface area contributed by atoms with E-state index >= 15 is 0 Å². The van der Waals surface area contributed by atoms with E-state index in [1.165, 1.54) is 0 Å². The molecule has 1 saturated carbocycles. The average Bonchev–Trinajstić information content (AvgIpc) is 2.40. The minimum atomic E-state index is -3.04. The van der Waals surface area contributed by atoms with Gasteiger partial charge in [-0.05, 0) is 30.5 Å². The summed E-state index contributed by atoms with van der Waals surface area (Å²) in [6.45, 7) is 0. The van der Waals surface area contributed by atoms with Gasteiger partial charge in [0, 0.05) is 0 Å². The van der Waals surface area contributed by atoms with Crippen LogP contribution in [-0.2, 0) is 15.6 Å². The summed E-state index contributed by atoms with van der Waals surface area (Å²) in [4.78, 5) is 0. The van der Waals surface area contributed by atoms with E-state index in [1.54, 1.807) is 24.3 Å². The molecule has 1 fully saturated rings. The second kappa shape index (κ2) is 5.53. The molecule has 0 bridgehead atoms. The third-order valence-electron chi connectivity index (χ3n) is 3.51. The molecule has 0 aromatic heterocycles. The zero-order valence-corrected chi connectivity index (χ0v) is 11.1. The molecule has 1 aromatic rings. The van der Waals surface area contributed by atoms with Crippen molar-refractivity contribution in [3.8, 4) is 6.07 Å². The van der Waals surface area contributed by atoms with Gasteiger partial charge in [0.05, 0.1) is 22.6 Å². The van der Waals surface area contributed by atoms with E-state index in [9.17, 15) is 8.42 Å². The number of nitriles is 1. The lowest BCUT2D eigenvalue weighted by Gasteiger charge is -2.21. The van der Waals surface area contributed by atoms with Crippen molar-refractivity contribution in [2.24, 2.45) is 0 Å². The van der Waals surface area contributed by atoms with Crippen molar-refractivity contribution in [3.05, 3.63) is 35.4 Å². The molecule has 96 valence electrons. The minimum absolute atomic E-state index is 0.101. The standard InChI is InChI=1S/C14H17NO2S/c15-10-12-6-8-13(9-7-12)11-18(16,17)14-4-2-1-3-5-14/h6-9,14H,1-5,11H2. The van der Waals surface area contributed by atoms with Crippen LogP contribution in [0.1, 0.15) is 43.2 Å². The zero-order chi connectivity index (χ0) is 13.0. The molecule has 0 spiro atoms. The normalized spacial score (nSPS) is 17.3. The predicted octanol–water partition coefficient (Wildman–Crippen LogP) is 2.81. The molecule has 4 heteroatoms. The molecule has 0 radical (unpaired) electrons. The summed E-state index contributed by atoms with van der Waals surface area (Å²) in [5, 5.41) is 8.53. The maximum Gasteiger partial charge on any atom is 0.157 e. The van der Waals surface area contributed by atoms with Crippen LogP contribution in [0.25, 0.3) is 0 Å². The van der Waals surface area contributed by atoms with Crippen molar-refractivity contribution in [2.45, 2.75) is 43.1 Å². The molecule has 2 rings (SSSR count). The highest BCUT2D eigenvalue weighted by Gasteiger charge is 2.27. The van der Waals surface area contributed by atoms with Crippen molar-refractivity contribution in [3.63, 3.8) is 0 Å². The van der Waals surface area contributed by atoms with E-state index in [4.69, 9.17) is 5.26 Å². The molecule has 1 aliphatic carbocycles. The average molecular weight is 263 g/mol. The van der Waals surface area contributed by atoms with Crippen molar-refractivity contribution >= 4 is 9.84 Å². The molecule has 18 heavy (non-hydrogen) atoms. The molecule has 0 aliphatic heterocycles. The molecular weight excluding hydrogens is 246 g/mol. The number of nitrogens with zero attached hydrogens (tertiary/aromatic N) is 1. The van der Waals surface area contributed by atoms with E-state index in [0.29, 0.717) is 5.56 Å². The Balaban J connectivity index is 2.09. The number of hydrogen-bond donors (Lipinski definition) is 0. The number of benzene rings is 1. The molecule has 3 nitrogen and oxygen atoms in total. The maximum absolute atomic E-state index is 12.2. The van der Waals surface area contributed by atoms with Gasteiger partial charge in [-0.3, -0.25) is 0 Å². The Morgan fingerprint density at radius 3 is 2.28 bits per heavy atom. The Morgan fingerprint density at radius 1 is 1.11 bits per heavy atom. The molecule has 0 atom stereocenters.